The van der Waals surface area contributed by atoms with Gasteiger partial charge in [0, 0.05) is 36.9 Å². The van der Waals surface area contributed by atoms with Crippen molar-refractivity contribution >= 4 is 17.3 Å². The number of hydrogen-bond acceptors (Lipinski definition) is 4. The van der Waals surface area contributed by atoms with Crippen LogP contribution in [0.1, 0.15) is 37.4 Å². The minimum absolute atomic E-state index is 0.330. The molecule has 0 bridgehead atoms. The van der Waals surface area contributed by atoms with Gasteiger partial charge in [0.15, 0.2) is 5.96 Å². The quantitative estimate of drug-likeness (QED) is 0.363. The Balaban J connectivity index is 1.76. The number of hydrogen-bond donors (Lipinski definition) is 3. The average Bonchev–Trinajstić information content (AvgIpc) is 3.25. The van der Waals surface area contributed by atoms with Gasteiger partial charge in [-0.25, -0.2) is 9.98 Å². The van der Waals surface area contributed by atoms with Crippen molar-refractivity contribution in [2.45, 2.75) is 45.8 Å². The first-order chi connectivity index (χ1) is 12.0. The van der Waals surface area contributed by atoms with Gasteiger partial charge in [-0.1, -0.05) is 6.07 Å². The van der Waals surface area contributed by atoms with Crippen LogP contribution in [-0.2, 0) is 12.1 Å². The summed E-state index contributed by atoms with van der Waals surface area (Å²) >= 11 is 1.55. The van der Waals surface area contributed by atoms with E-state index in [4.69, 9.17) is 0 Å². The van der Waals surface area contributed by atoms with E-state index in [0.29, 0.717) is 6.54 Å². The van der Waals surface area contributed by atoms with E-state index in [1.54, 1.807) is 18.3 Å². The predicted molar refractivity (Wildman–Crippen MR) is 104 cm³/mol. The van der Waals surface area contributed by atoms with Crippen molar-refractivity contribution in [3.8, 4) is 0 Å². The molecule has 2 aromatic rings. The third kappa shape index (κ3) is 6.17. The van der Waals surface area contributed by atoms with Crippen LogP contribution in [0, 0.1) is 6.92 Å². The molecule has 7 heteroatoms. The number of nitrogens with one attached hydrogen (secondary N) is 2. The topological polar surface area (TPSA) is 74.5 Å². The van der Waals surface area contributed by atoms with Gasteiger partial charge in [0.2, 0.25) is 0 Å². The summed E-state index contributed by atoms with van der Waals surface area (Å²) in [5.74, 6) is 1.80. The monoisotopic (exact) mass is 363 g/mol. The van der Waals surface area contributed by atoms with Crippen LogP contribution < -0.4 is 10.6 Å². The summed E-state index contributed by atoms with van der Waals surface area (Å²) in [7, 11) is 0. The summed E-state index contributed by atoms with van der Waals surface area (Å²) in [6, 6.07) is 3.89. The summed E-state index contributed by atoms with van der Waals surface area (Å²) in [5, 5.41) is 19.1. The van der Waals surface area contributed by atoms with Gasteiger partial charge in [0.1, 0.15) is 11.4 Å². The number of nitrogens with zero attached hydrogens (tertiary/aromatic N) is 3. The van der Waals surface area contributed by atoms with Crippen molar-refractivity contribution in [3.05, 3.63) is 40.6 Å². The smallest absolute Gasteiger partial charge is 0.191 e. The molecule has 6 nitrogen and oxygen atoms in total. The van der Waals surface area contributed by atoms with Gasteiger partial charge < -0.3 is 20.3 Å². The number of aliphatic hydroxyl groups is 1. The summed E-state index contributed by atoms with van der Waals surface area (Å²) < 4.78 is 2.16. The highest BCUT2D eigenvalue weighted by Crippen LogP contribution is 2.25. The number of thiophene rings is 1. The fourth-order valence-corrected chi connectivity index (χ4v) is 3.27. The zero-order chi connectivity index (χ0) is 18.1. The van der Waals surface area contributed by atoms with E-state index in [0.717, 1.165) is 49.1 Å². The lowest BCUT2D eigenvalue weighted by atomic mass is 10.1. The SMILES string of the molecule is CCNC(=NCC(C)(O)c1cccs1)NCCCCn1ccnc1C. The standard InChI is InChI=1S/C18H29N5OS/c1-4-19-17(22-14-18(3,24)16-8-7-13-25-16)21-9-5-6-11-23-12-10-20-15(23)2/h7-8,10,12-13,24H,4-6,9,11,14H2,1-3H3,(H2,19,21,22). The third-order valence-corrected chi connectivity index (χ3v) is 5.11. The summed E-state index contributed by atoms with van der Waals surface area (Å²) in [6.45, 7) is 8.82. The number of aryl methyl sites for hydroxylation is 2. The predicted octanol–water partition coefficient (Wildman–Crippen LogP) is 2.50. The van der Waals surface area contributed by atoms with Crippen LogP contribution in [0.3, 0.4) is 0 Å². The Bertz CT molecular complexity index is 648. The minimum atomic E-state index is -0.935. The van der Waals surface area contributed by atoms with E-state index in [2.05, 4.69) is 25.2 Å². The molecule has 0 saturated heterocycles. The van der Waals surface area contributed by atoms with Crippen molar-refractivity contribution in [2.24, 2.45) is 4.99 Å². The van der Waals surface area contributed by atoms with Gasteiger partial charge in [0.25, 0.3) is 0 Å². The molecule has 0 aliphatic carbocycles. The maximum atomic E-state index is 10.6. The number of imidazole rings is 1. The van der Waals surface area contributed by atoms with Crippen LogP contribution in [0.4, 0.5) is 0 Å². The van der Waals surface area contributed by atoms with Crippen LogP contribution in [-0.4, -0.2) is 40.3 Å². The molecule has 25 heavy (non-hydrogen) atoms. The molecule has 138 valence electrons. The number of rotatable bonds is 9. The lowest BCUT2D eigenvalue weighted by molar-refractivity contribution is 0.0711. The second-order valence-corrected chi connectivity index (χ2v) is 7.20. The molecule has 0 aliphatic rings. The zero-order valence-corrected chi connectivity index (χ0v) is 16.1. The molecular weight excluding hydrogens is 334 g/mol. The number of guanidine groups is 1. The van der Waals surface area contributed by atoms with Gasteiger partial charge >= 0.3 is 0 Å². The Hall–Kier alpha value is -1.86. The summed E-state index contributed by atoms with van der Waals surface area (Å²) in [4.78, 5) is 9.70. The fraction of sp³-hybridized carbons (Fsp3) is 0.556. The summed E-state index contributed by atoms with van der Waals surface area (Å²) in [5.41, 5.74) is -0.935. The molecule has 0 spiro atoms. The maximum Gasteiger partial charge on any atom is 0.191 e. The van der Waals surface area contributed by atoms with Gasteiger partial charge in [0.05, 0.1) is 6.54 Å². The van der Waals surface area contributed by atoms with E-state index < -0.39 is 5.60 Å². The normalized spacial score (nSPS) is 14.3. The molecule has 0 aliphatic heterocycles. The van der Waals surface area contributed by atoms with E-state index in [9.17, 15) is 5.11 Å². The Morgan fingerprint density at radius 2 is 2.24 bits per heavy atom. The molecular formula is C18H29N5OS. The second kappa shape index (κ2) is 9.58. The molecule has 2 rings (SSSR count). The Morgan fingerprint density at radius 1 is 1.40 bits per heavy atom. The second-order valence-electron chi connectivity index (χ2n) is 6.25. The van der Waals surface area contributed by atoms with Crippen LogP contribution in [0.5, 0.6) is 0 Å². The first kappa shape index (κ1) is 19.5. The van der Waals surface area contributed by atoms with Gasteiger partial charge in [-0.15, -0.1) is 11.3 Å². The first-order valence-corrected chi connectivity index (χ1v) is 9.67. The molecule has 2 aromatic heterocycles. The van der Waals surface area contributed by atoms with Gasteiger partial charge in [-0.3, -0.25) is 0 Å². The average molecular weight is 364 g/mol. The van der Waals surface area contributed by atoms with Gasteiger partial charge in [-0.2, -0.15) is 0 Å². The lowest BCUT2D eigenvalue weighted by Gasteiger charge is -2.20. The van der Waals surface area contributed by atoms with Gasteiger partial charge in [-0.05, 0) is 45.1 Å². The Labute approximate surface area is 154 Å². The third-order valence-electron chi connectivity index (χ3n) is 3.98. The van der Waals surface area contributed by atoms with E-state index in [1.165, 1.54) is 0 Å². The van der Waals surface area contributed by atoms with Crippen LogP contribution in [0.2, 0.25) is 0 Å². The van der Waals surface area contributed by atoms with Crippen LogP contribution in [0.25, 0.3) is 0 Å². The Kier molecular flexibility index (Phi) is 7.46. The number of aromatic nitrogens is 2. The maximum absolute atomic E-state index is 10.6. The Morgan fingerprint density at radius 3 is 2.88 bits per heavy atom. The zero-order valence-electron chi connectivity index (χ0n) is 15.3. The highest BCUT2D eigenvalue weighted by atomic mass is 32.1. The molecule has 0 radical (unpaired) electrons. The van der Waals surface area contributed by atoms with Crippen molar-refractivity contribution in [1.29, 1.82) is 0 Å². The van der Waals surface area contributed by atoms with Crippen LogP contribution in [0.15, 0.2) is 34.9 Å². The number of aliphatic imine (C=N–C) groups is 1. The molecule has 0 amide bonds. The van der Waals surface area contributed by atoms with Crippen molar-refractivity contribution in [2.75, 3.05) is 19.6 Å². The van der Waals surface area contributed by atoms with E-state index in [1.807, 2.05) is 43.8 Å². The molecule has 2 heterocycles. The largest absolute Gasteiger partial charge is 0.383 e. The minimum Gasteiger partial charge on any atom is -0.383 e. The first-order valence-electron chi connectivity index (χ1n) is 8.79. The highest BCUT2D eigenvalue weighted by Gasteiger charge is 2.23. The van der Waals surface area contributed by atoms with Crippen molar-refractivity contribution in [3.63, 3.8) is 0 Å². The molecule has 0 aromatic carbocycles. The molecule has 1 unspecified atom stereocenters. The fourth-order valence-electron chi connectivity index (χ4n) is 2.49. The van der Waals surface area contributed by atoms with Crippen molar-refractivity contribution < 1.29 is 5.11 Å². The molecule has 0 fully saturated rings. The number of unbranched alkanes of at least 4 members (excludes halogenated alkanes) is 1. The highest BCUT2D eigenvalue weighted by molar-refractivity contribution is 7.10. The van der Waals surface area contributed by atoms with Crippen LogP contribution >= 0.6 is 11.3 Å². The molecule has 0 saturated carbocycles. The van der Waals surface area contributed by atoms with E-state index >= 15 is 0 Å². The lowest BCUT2D eigenvalue weighted by Crippen LogP contribution is -2.39. The molecule has 1 atom stereocenters. The summed E-state index contributed by atoms with van der Waals surface area (Å²) in [6.07, 6.45) is 5.98. The molecule has 3 N–H and O–H groups in total. The van der Waals surface area contributed by atoms with E-state index in [-0.39, 0.29) is 0 Å². The van der Waals surface area contributed by atoms with Crippen molar-refractivity contribution in [1.82, 2.24) is 20.2 Å².